The number of H-pyrrole nitrogens is 1. The molecule has 0 radical (unpaired) electrons. The van der Waals surface area contributed by atoms with Gasteiger partial charge in [0.1, 0.15) is 11.5 Å². The minimum atomic E-state index is -3.37. The predicted molar refractivity (Wildman–Crippen MR) is 106 cm³/mol. The van der Waals surface area contributed by atoms with Gasteiger partial charge in [0.25, 0.3) is 11.5 Å². The first kappa shape index (κ1) is 19.7. The van der Waals surface area contributed by atoms with Crippen molar-refractivity contribution in [2.45, 2.75) is 38.3 Å². The molecular formula is C19H23N5O4S. The Hall–Kier alpha value is -2.59. The van der Waals surface area contributed by atoms with E-state index in [9.17, 15) is 18.0 Å². The second-order valence-corrected chi connectivity index (χ2v) is 9.43. The molecule has 2 aliphatic heterocycles. The van der Waals surface area contributed by atoms with Crippen molar-refractivity contribution < 1.29 is 13.2 Å². The van der Waals surface area contributed by atoms with Crippen LogP contribution in [0, 0.1) is 0 Å². The van der Waals surface area contributed by atoms with Crippen LogP contribution in [0.2, 0.25) is 0 Å². The lowest BCUT2D eigenvalue weighted by molar-refractivity contribution is 0.0592. The number of fused-ring (bicyclic) bond motifs is 1. The fourth-order valence-electron chi connectivity index (χ4n) is 3.96. The van der Waals surface area contributed by atoms with Crippen molar-refractivity contribution >= 4 is 15.9 Å². The predicted octanol–water partition coefficient (Wildman–Crippen LogP) is 0.850. The standard InChI is InChI=1S/C19H23N5O4S/c1-29(27,28)23-11-8-14-13(12-23)18(25)22-17(21-14)16-7-3-5-10-24(16)19(26)15-6-2-4-9-20-15/h2,4,6,9,16H,3,5,7-8,10-12H2,1H3,(H,21,22,25)/t16-/m0/s1. The number of sulfonamides is 1. The van der Waals surface area contributed by atoms with Crippen LogP contribution in [0.4, 0.5) is 0 Å². The summed E-state index contributed by atoms with van der Waals surface area (Å²) in [6.45, 7) is 0.893. The van der Waals surface area contributed by atoms with E-state index in [1.807, 2.05) is 0 Å². The quantitative estimate of drug-likeness (QED) is 0.791. The number of carbonyl (C=O) groups is 1. The van der Waals surface area contributed by atoms with Gasteiger partial charge in [0.05, 0.1) is 23.6 Å². The Morgan fingerprint density at radius 3 is 2.79 bits per heavy atom. The van der Waals surface area contributed by atoms with E-state index in [1.165, 1.54) is 4.31 Å². The van der Waals surface area contributed by atoms with Gasteiger partial charge < -0.3 is 9.88 Å². The molecular weight excluding hydrogens is 394 g/mol. The minimum Gasteiger partial charge on any atom is -0.327 e. The molecule has 2 aromatic heterocycles. The zero-order valence-corrected chi connectivity index (χ0v) is 17.0. The van der Waals surface area contributed by atoms with E-state index in [0.29, 0.717) is 48.7 Å². The summed E-state index contributed by atoms with van der Waals surface area (Å²) < 4.78 is 24.9. The summed E-state index contributed by atoms with van der Waals surface area (Å²) in [5.74, 6) is 0.282. The highest BCUT2D eigenvalue weighted by Gasteiger charge is 2.33. The summed E-state index contributed by atoms with van der Waals surface area (Å²) in [5, 5.41) is 0. The second-order valence-electron chi connectivity index (χ2n) is 7.45. The maximum Gasteiger partial charge on any atom is 0.273 e. The van der Waals surface area contributed by atoms with Crippen LogP contribution >= 0.6 is 0 Å². The van der Waals surface area contributed by atoms with E-state index in [0.717, 1.165) is 19.1 Å². The van der Waals surface area contributed by atoms with Gasteiger partial charge in [0.15, 0.2) is 0 Å². The highest BCUT2D eigenvalue weighted by molar-refractivity contribution is 7.88. The normalized spacial score (nSPS) is 20.3. The number of hydrogen-bond acceptors (Lipinski definition) is 6. The topological polar surface area (TPSA) is 116 Å². The highest BCUT2D eigenvalue weighted by atomic mass is 32.2. The summed E-state index contributed by atoms with van der Waals surface area (Å²) >= 11 is 0. The van der Waals surface area contributed by atoms with Crippen molar-refractivity contribution in [3.8, 4) is 0 Å². The molecule has 1 saturated heterocycles. The number of likely N-dealkylation sites (tertiary alicyclic amines) is 1. The Morgan fingerprint density at radius 1 is 1.24 bits per heavy atom. The molecule has 4 heterocycles. The lowest BCUT2D eigenvalue weighted by atomic mass is 10.00. The fraction of sp³-hybridized carbons (Fsp3) is 0.474. The summed E-state index contributed by atoms with van der Waals surface area (Å²) in [5.41, 5.74) is 1.01. The van der Waals surface area contributed by atoms with Crippen LogP contribution in [-0.4, -0.2) is 57.8 Å². The van der Waals surface area contributed by atoms with Crippen LogP contribution in [0.3, 0.4) is 0 Å². The first-order valence-electron chi connectivity index (χ1n) is 9.63. The van der Waals surface area contributed by atoms with Gasteiger partial charge in [-0.1, -0.05) is 6.07 Å². The van der Waals surface area contributed by atoms with E-state index < -0.39 is 10.0 Å². The lowest BCUT2D eigenvalue weighted by Gasteiger charge is -2.35. The maximum absolute atomic E-state index is 13.0. The minimum absolute atomic E-state index is 0.0258. The van der Waals surface area contributed by atoms with Crippen LogP contribution in [0.5, 0.6) is 0 Å². The molecule has 1 N–H and O–H groups in total. The van der Waals surface area contributed by atoms with E-state index in [4.69, 9.17) is 0 Å². The van der Waals surface area contributed by atoms with Crippen molar-refractivity contribution in [2.24, 2.45) is 0 Å². The average molecular weight is 417 g/mol. The zero-order chi connectivity index (χ0) is 20.6. The first-order chi connectivity index (χ1) is 13.8. The fourth-order valence-corrected chi connectivity index (χ4v) is 4.74. The molecule has 10 heteroatoms. The summed E-state index contributed by atoms with van der Waals surface area (Å²) in [6.07, 6.45) is 5.61. The van der Waals surface area contributed by atoms with Gasteiger partial charge in [-0.15, -0.1) is 0 Å². The number of rotatable bonds is 3. The molecule has 0 aromatic carbocycles. The van der Waals surface area contributed by atoms with Crippen molar-refractivity contribution in [3.05, 3.63) is 57.5 Å². The smallest absolute Gasteiger partial charge is 0.273 e. The third kappa shape index (κ3) is 3.95. The Labute approximate surface area is 168 Å². The number of carbonyl (C=O) groups excluding carboxylic acids is 1. The van der Waals surface area contributed by atoms with Crippen LogP contribution in [0.15, 0.2) is 29.2 Å². The second kappa shape index (κ2) is 7.68. The maximum atomic E-state index is 13.0. The van der Waals surface area contributed by atoms with E-state index in [1.54, 1.807) is 29.3 Å². The molecule has 0 aliphatic carbocycles. The van der Waals surface area contributed by atoms with Crippen molar-refractivity contribution in [1.82, 2.24) is 24.2 Å². The van der Waals surface area contributed by atoms with Crippen LogP contribution in [-0.2, 0) is 23.0 Å². The van der Waals surface area contributed by atoms with Crippen LogP contribution in [0.1, 0.15) is 52.9 Å². The Bertz CT molecular complexity index is 1080. The molecule has 0 unspecified atom stereocenters. The number of piperidine rings is 1. The van der Waals surface area contributed by atoms with Gasteiger partial charge >= 0.3 is 0 Å². The molecule has 0 bridgehead atoms. The number of aromatic amines is 1. The molecule has 154 valence electrons. The molecule has 4 rings (SSSR count). The van der Waals surface area contributed by atoms with Gasteiger partial charge in [0, 0.05) is 32.3 Å². The van der Waals surface area contributed by atoms with Crippen molar-refractivity contribution in [2.75, 3.05) is 19.3 Å². The molecule has 1 fully saturated rings. The number of pyridine rings is 1. The molecule has 1 amide bonds. The van der Waals surface area contributed by atoms with Crippen molar-refractivity contribution in [3.63, 3.8) is 0 Å². The van der Waals surface area contributed by atoms with Gasteiger partial charge in [-0.25, -0.2) is 13.4 Å². The Balaban J connectivity index is 1.66. The highest BCUT2D eigenvalue weighted by Crippen LogP contribution is 2.30. The molecule has 2 aromatic rings. The number of amides is 1. The number of nitrogens with one attached hydrogen (secondary N) is 1. The summed E-state index contributed by atoms with van der Waals surface area (Å²) in [6, 6.07) is 4.87. The zero-order valence-electron chi connectivity index (χ0n) is 16.2. The van der Waals surface area contributed by atoms with Gasteiger partial charge in [-0.3, -0.25) is 14.6 Å². The largest absolute Gasteiger partial charge is 0.327 e. The Kier molecular flexibility index (Phi) is 5.22. The van der Waals surface area contributed by atoms with Crippen molar-refractivity contribution in [1.29, 1.82) is 0 Å². The molecule has 1 atom stereocenters. The van der Waals surface area contributed by atoms with Crippen LogP contribution < -0.4 is 5.56 Å². The molecule has 0 saturated carbocycles. The molecule has 2 aliphatic rings. The number of aromatic nitrogens is 3. The SMILES string of the molecule is CS(=O)(=O)N1CCc2nc([C@@H]3CCCCN3C(=O)c3ccccn3)[nH]c(=O)c2C1. The van der Waals surface area contributed by atoms with Gasteiger partial charge in [0.2, 0.25) is 10.0 Å². The van der Waals surface area contributed by atoms with Crippen LogP contribution in [0.25, 0.3) is 0 Å². The van der Waals surface area contributed by atoms with E-state index >= 15 is 0 Å². The third-order valence-electron chi connectivity index (χ3n) is 5.48. The lowest BCUT2D eigenvalue weighted by Crippen LogP contribution is -2.42. The Morgan fingerprint density at radius 2 is 2.07 bits per heavy atom. The summed E-state index contributed by atoms with van der Waals surface area (Å²) in [7, 11) is -3.37. The average Bonchev–Trinajstić information content (AvgIpc) is 2.73. The number of hydrogen-bond donors (Lipinski definition) is 1. The van der Waals surface area contributed by atoms with E-state index in [-0.39, 0.29) is 24.1 Å². The molecule has 0 spiro atoms. The monoisotopic (exact) mass is 417 g/mol. The van der Waals surface area contributed by atoms with Gasteiger partial charge in [-0.05, 0) is 31.4 Å². The van der Waals surface area contributed by atoms with E-state index in [2.05, 4.69) is 15.0 Å². The molecule has 9 nitrogen and oxygen atoms in total. The first-order valence-corrected chi connectivity index (χ1v) is 11.5. The third-order valence-corrected chi connectivity index (χ3v) is 6.73. The molecule has 29 heavy (non-hydrogen) atoms. The van der Waals surface area contributed by atoms with Gasteiger partial charge in [-0.2, -0.15) is 4.31 Å². The number of nitrogens with zero attached hydrogens (tertiary/aromatic N) is 4. The summed E-state index contributed by atoms with van der Waals surface area (Å²) in [4.78, 5) is 39.0.